The van der Waals surface area contributed by atoms with Crippen molar-refractivity contribution >= 4 is 40.0 Å². The summed E-state index contributed by atoms with van der Waals surface area (Å²) in [4.78, 5) is 47.3. The molecule has 0 saturated heterocycles. The number of nitro benzene ring substituents is 1. The molecule has 0 aliphatic carbocycles. The molecule has 0 bridgehead atoms. The van der Waals surface area contributed by atoms with Crippen molar-refractivity contribution in [2.45, 2.75) is 19.4 Å². The van der Waals surface area contributed by atoms with Crippen molar-refractivity contribution in [2.24, 2.45) is 0 Å². The lowest BCUT2D eigenvalue weighted by molar-refractivity contribution is -0.384. The fourth-order valence-corrected chi connectivity index (χ4v) is 3.65. The Labute approximate surface area is 204 Å². The Morgan fingerprint density at radius 1 is 1.06 bits per heavy atom. The number of benzene rings is 3. The van der Waals surface area contributed by atoms with Gasteiger partial charge in [-0.25, -0.2) is 4.79 Å². The van der Waals surface area contributed by atoms with E-state index in [-0.39, 0.29) is 36.1 Å². The molecule has 0 fully saturated rings. The molecule has 11 nitrogen and oxygen atoms in total. The summed E-state index contributed by atoms with van der Waals surface area (Å²) in [5.41, 5.74) is 1.84. The zero-order chi connectivity index (χ0) is 25.7. The maximum Gasteiger partial charge on any atom is 0.419 e. The number of non-ortho nitro benzene ring substituents is 1. The van der Waals surface area contributed by atoms with Gasteiger partial charge in [0, 0.05) is 30.3 Å². The average Bonchev–Trinajstić information content (AvgIpc) is 3.18. The van der Waals surface area contributed by atoms with E-state index in [1.807, 2.05) is 0 Å². The Morgan fingerprint density at radius 3 is 2.53 bits per heavy atom. The number of hydrogen-bond donors (Lipinski definition) is 2. The second-order valence-electron chi connectivity index (χ2n) is 7.81. The number of hydrogen-bond acceptors (Lipinski definition) is 7. The Kier molecular flexibility index (Phi) is 7.10. The van der Waals surface area contributed by atoms with Gasteiger partial charge in [-0.1, -0.05) is 12.1 Å². The Balaban J connectivity index is 1.31. The van der Waals surface area contributed by atoms with Gasteiger partial charge in [0.05, 0.1) is 29.3 Å². The number of nitro groups is 1. The van der Waals surface area contributed by atoms with Crippen LogP contribution in [0.5, 0.6) is 5.75 Å². The zero-order valence-corrected chi connectivity index (χ0v) is 19.2. The first kappa shape index (κ1) is 24.2. The Morgan fingerprint density at radius 2 is 1.81 bits per heavy atom. The maximum atomic E-state index is 12.5. The van der Waals surface area contributed by atoms with Gasteiger partial charge >= 0.3 is 5.76 Å². The second kappa shape index (κ2) is 10.6. The molecule has 3 aromatic carbocycles. The van der Waals surface area contributed by atoms with E-state index in [9.17, 15) is 24.5 Å². The third-order valence-electron chi connectivity index (χ3n) is 5.43. The first-order valence-corrected chi connectivity index (χ1v) is 11.0. The molecule has 0 aliphatic heterocycles. The predicted octanol–water partition coefficient (Wildman–Crippen LogP) is 4.18. The molecule has 1 heterocycles. The van der Waals surface area contributed by atoms with Gasteiger partial charge in [0.2, 0.25) is 5.91 Å². The number of aryl methyl sites for hydroxylation is 1. The fraction of sp³-hybridized carbons (Fsp3) is 0.160. The SMILES string of the molecule is COc1ccccc1NC(=O)c1ccc(NC(=O)CCCn2c(=O)oc3cc([N+](=O)[O-])ccc32)cc1. The van der Waals surface area contributed by atoms with Gasteiger partial charge in [-0.15, -0.1) is 0 Å². The van der Waals surface area contributed by atoms with Gasteiger partial charge < -0.3 is 19.8 Å². The van der Waals surface area contributed by atoms with Crippen molar-refractivity contribution in [3.63, 3.8) is 0 Å². The standard InChI is InChI=1S/C25H22N4O7/c1-35-21-6-3-2-5-19(21)27-24(31)16-8-10-17(11-9-16)26-23(30)7-4-14-28-20-13-12-18(29(33)34)15-22(20)36-25(28)32/h2-3,5-6,8-13,15H,4,7,14H2,1H3,(H,26,30)(H,27,31). The number of aromatic nitrogens is 1. The number of rotatable bonds is 9. The van der Waals surface area contributed by atoms with Crippen molar-refractivity contribution in [1.29, 1.82) is 0 Å². The topological polar surface area (TPSA) is 146 Å². The molecule has 11 heteroatoms. The molecule has 1 aromatic heterocycles. The molecule has 4 rings (SSSR count). The molecule has 36 heavy (non-hydrogen) atoms. The summed E-state index contributed by atoms with van der Waals surface area (Å²) >= 11 is 0. The lowest BCUT2D eigenvalue weighted by Gasteiger charge is -2.10. The van der Waals surface area contributed by atoms with Crippen molar-refractivity contribution in [2.75, 3.05) is 17.7 Å². The molecule has 0 radical (unpaired) electrons. The van der Waals surface area contributed by atoms with E-state index < -0.39 is 10.7 Å². The Hall–Kier alpha value is -4.93. The van der Waals surface area contributed by atoms with Gasteiger partial charge in [0.1, 0.15) is 5.75 Å². The number of carbonyl (C=O) groups excluding carboxylic acids is 2. The molecular formula is C25H22N4O7. The molecule has 2 amide bonds. The first-order chi connectivity index (χ1) is 17.4. The minimum atomic E-state index is -0.645. The second-order valence-corrected chi connectivity index (χ2v) is 7.81. The lowest BCUT2D eigenvalue weighted by Crippen LogP contribution is -2.17. The normalized spacial score (nSPS) is 10.7. The highest BCUT2D eigenvalue weighted by Gasteiger charge is 2.15. The van der Waals surface area contributed by atoms with E-state index in [2.05, 4.69) is 10.6 Å². The van der Waals surface area contributed by atoms with Crippen LogP contribution in [0.25, 0.3) is 11.1 Å². The minimum absolute atomic E-state index is 0.119. The largest absolute Gasteiger partial charge is 0.495 e. The van der Waals surface area contributed by atoms with Crippen LogP contribution in [0.1, 0.15) is 23.2 Å². The molecule has 2 N–H and O–H groups in total. The van der Waals surface area contributed by atoms with Crippen LogP contribution in [-0.2, 0) is 11.3 Å². The third kappa shape index (κ3) is 5.41. The van der Waals surface area contributed by atoms with Crippen LogP contribution in [0, 0.1) is 10.1 Å². The van der Waals surface area contributed by atoms with Gasteiger partial charge in [-0.2, -0.15) is 0 Å². The lowest BCUT2D eigenvalue weighted by atomic mass is 10.1. The fourth-order valence-electron chi connectivity index (χ4n) is 3.65. The molecule has 184 valence electrons. The number of methoxy groups -OCH3 is 1. The first-order valence-electron chi connectivity index (χ1n) is 11.0. The quantitative estimate of drug-likeness (QED) is 0.264. The minimum Gasteiger partial charge on any atom is -0.495 e. The number of ether oxygens (including phenoxy) is 1. The number of nitrogens with one attached hydrogen (secondary N) is 2. The number of anilines is 2. The van der Waals surface area contributed by atoms with E-state index in [1.165, 1.54) is 29.9 Å². The summed E-state index contributed by atoms with van der Waals surface area (Å²) in [7, 11) is 1.52. The van der Waals surface area contributed by atoms with Crippen molar-refractivity contribution in [3.05, 3.63) is 93.0 Å². The summed E-state index contributed by atoms with van der Waals surface area (Å²) in [6, 6.07) is 17.4. The van der Waals surface area contributed by atoms with Crippen LogP contribution in [-0.4, -0.2) is 28.4 Å². The molecule has 0 spiro atoms. The third-order valence-corrected chi connectivity index (χ3v) is 5.43. The van der Waals surface area contributed by atoms with E-state index >= 15 is 0 Å². The summed E-state index contributed by atoms with van der Waals surface area (Å²) in [5.74, 6) is -0.687. The zero-order valence-electron chi connectivity index (χ0n) is 19.2. The molecule has 4 aromatic rings. The van der Waals surface area contributed by atoms with Gasteiger partial charge in [-0.3, -0.25) is 24.3 Å². The molecule has 0 unspecified atom stereocenters. The molecule has 0 atom stereocenters. The number of para-hydroxylation sites is 2. The van der Waals surface area contributed by atoms with E-state index in [0.717, 1.165) is 0 Å². The average molecular weight is 490 g/mol. The number of oxazole rings is 1. The summed E-state index contributed by atoms with van der Waals surface area (Å²) in [5, 5.41) is 16.4. The van der Waals surface area contributed by atoms with Crippen LogP contribution < -0.4 is 21.1 Å². The van der Waals surface area contributed by atoms with Crippen LogP contribution in [0.3, 0.4) is 0 Å². The van der Waals surface area contributed by atoms with Crippen LogP contribution in [0.2, 0.25) is 0 Å². The highest BCUT2D eigenvalue weighted by Crippen LogP contribution is 2.24. The molecule has 0 aliphatic rings. The summed E-state index contributed by atoms with van der Waals surface area (Å²) < 4.78 is 11.7. The van der Waals surface area contributed by atoms with E-state index in [4.69, 9.17) is 9.15 Å². The van der Waals surface area contributed by atoms with E-state index in [0.29, 0.717) is 34.6 Å². The van der Waals surface area contributed by atoms with Crippen molar-refractivity contribution in [1.82, 2.24) is 4.57 Å². The summed E-state index contributed by atoms with van der Waals surface area (Å²) in [6.45, 7) is 0.207. The highest BCUT2D eigenvalue weighted by molar-refractivity contribution is 6.05. The monoisotopic (exact) mass is 490 g/mol. The van der Waals surface area contributed by atoms with E-state index in [1.54, 1.807) is 48.5 Å². The predicted molar refractivity (Wildman–Crippen MR) is 132 cm³/mol. The molecule has 0 saturated carbocycles. The van der Waals surface area contributed by atoms with Crippen LogP contribution in [0.15, 0.2) is 75.9 Å². The van der Waals surface area contributed by atoms with Crippen molar-refractivity contribution in [3.8, 4) is 5.75 Å². The highest BCUT2D eigenvalue weighted by atomic mass is 16.6. The van der Waals surface area contributed by atoms with Gasteiger partial charge in [0.25, 0.3) is 11.6 Å². The van der Waals surface area contributed by atoms with Crippen molar-refractivity contribution < 1.29 is 23.7 Å². The van der Waals surface area contributed by atoms with Crippen LogP contribution in [0.4, 0.5) is 17.1 Å². The van der Waals surface area contributed by atoms with Gasteiger partial charge in [-0.05, 0) is 48.9 Å². The Bertz CT molecular complexity index is 1490. The smallest absolute Gasteiger partial charge is 0.419 e. The number of nitrogens with zero attached hydrogens (tertiary/aromatic N) is 2. The molecular weight excluding hydrogens is 468 g/mol. The number of amides is 2. The van der Waals surface area contributed by atoms with Crippen LogP contribution >= 0.6 is 0 Å². The summed E-state index contributed by atoms with van der Waals surface area (Å²) in [6.07, 6.45) is 0.471. The maximum absolute atomic E-state index is 12.5. The van der Waals surface area contributed by atoms with Gasteiger partial charge in [0.15, 0.2) is 5.58 Å². The number of carbonyl (C=O) groups is 2. The number of fused-ring (bicyclic) bond motifs is 1.